The highest BCUT2D eigenvalue weighted by molar-refractivity contribution is 6.51. The van der Waals surface area contributed by atoms with Crippen molar-refractivity contribution in [3.8, 4) is 11.1 Å². The number of Topliss-reactive ketones (excluding diaryl/α,β-unsaturated/α-hetero) is 1. The van der Waals surface area contributed by atoms with Gasteiger partial charge in [-0.25, -0.2) is 4.79 Å². The topological polar surface area (TPSA) is 98.9 Å². The number of hydrogen-bond acceptors (Lipinski definition) is 6. The van der Waals surface area contributed by atoms with Crippen LogP contribution in [0, 0.1) is 10.1 Å². The van der Waals surface area contributed by atoms with E-state index >= 15 is 0 Å². The molecule has 0 atom stereocenters. The molecule has 0 saturated carbocycles. The molecule has 0 aliphatic carbocycles. The number of carbonyl (C=O) groups is 2. The largest absolute Gasteiger partial charge is 0.335 e. The normalized spacial score (nSPS) is 11.1. The van der Waals surface area contributed by atoms with Crippen LogP contribution in [0.3, 0.4) is 0 Å². The van der Waals surface area contributed by atoms with Gasteiger partial charge in [-0.05, 0) is 29.7 Å². The van der Waals surface area contributed by atoms with Crippen molar-refractivity contribution in [3.63, 3.8) is 0 Å². The first kappa shape index (κ1) is 21.6. The molecular weight excluding hydrogens is 396 g/mol. The third-order valence-corrected chi connectivity index (χ3v) is 4.51. The van der Waals surface area contributed by atoms with Crippen LogP contribution in [-0.4, -0.2) is 22.4 Å². The Labute approximate surface area is 179 Å². The van der Waals surface area contributed by atoms with E-state index in [1.165, 1.54) is 12.1 Å². The Kier molecular flexibility index (Phi) is 7.01. The number of nitro groups is 1. The highest BCUT2D eigenvalue weighted by Crippen LogP contribution is 2.23. The Morgan fingerprint density at radius 2 is 1.45 bits per heavy atom. The van der Waals surface area contributed by atoms with E-state index in [0.717, 1.165) is 11.1 Å². The first-order chi connectivity index (χ1) is 15.0. The molecule has 7 heteroatoms. The second-order valence-corrected chi connectivity index (χ2v) is 6.73. The van der Waals surface area contributed by atoms with Crippen molar-refractivity contribution in [2.24, 2.45) is 5.16 Å². The minimum atomic E-state index is -0.503. The van der Waals surface area contributed by atoms with Crippen LogP contribution >= 0.6 is 0 Å². The van der Waals surface area contributed by atoms with E-state index in [2.05, 4.69) is 5.16 Å². The number of nitrogens with zero attached hydrogens (tertiary/aromatic N) is 2. The lowest BCUT2D eigenvalue weighted by atomic mass is 9.98. The predicted molar refractivity (Wildman–Crippen MR) is 117 cm³/mol. The lowest BCUT2D eigenvalue weighted by Gasteiger charge is -2.07. The number of non-ortho nitro benzene ring substituents is 1. The first-order valence-corrected chi connectivity index (χ1v) is 9.72. The number of hydrogen-bond donors (Lipinski definition) is 0. The molecule has 0 aliphatic heterocycles. The van der Waals surface area contributed by atoms with E-state index in [1.54, 1.807) is 60.7 Å². The van der Waals surface area contributed by atoms with Crippen LogP contribution < -0.4 is 0 Å². The quantitative estimate of drug-likeness (QED) is 0.165. The van der Waals surface area contributed by atoms with Crippen molar-refractivity contribution in [3.05, 3.63) is 100 Å². The molecule has 0 spiro atoms. The van der Waals surface area contributed by atoms with E-state index in [0.29, 0.717) is 17.5 Å². The molecule has 0 fully saturated rings. The Balaban J connectivity index is 1.86. The number of nitro benzene ring substituents is 1. The molecule has 0 amide bonds. The van der Waals surface area contributed by atoms with Gasteiger partial charge in [0.2, 0.25) is 5.78 Å². The van der Waals surface area contributed by atoms with Gasteiger partial charge in [0.1, 0.15) is 0 Å². The molecule has 0 saturated heterocycles. The molecule has 0 N–H and O–H groups in total. The Bertz CT molecular complexity index is 1100. The van der Waals surface area contributed by atoms with Gasteiger partial charge in [0.05, 0.1) is 4.92 Å². The Morgan fingerprint density at radius 3 is 2.00 bits per heavy atom. The zero-order valence-corrected chi connectivity index (χ0v) is 16.9. The van der Waals surface area contributed by atoms with Gasteiger partial charge in [-0.2, -0.15) is 0 Å². The van der Waals surface area contributed by atoms with E-state index in [4.69, 9.17) is 4.84 Å². The molecule has 31 heavy (non-hydrogen) atoms. The number of benzene rings is 3. The average molecular weight is 416 g/mol. The van der Waals surface area contributed by atoms with Crippen molar-refractivity contribution in [1.29, 1.82) is 0 Å². The molecule has 156 valence electrons. The summed E-state index contributed by atoms with van der Waals surface area (Å²) in [4.78, 5) is 40.1. The zero-order valence-electron chi connectivity index (χ0n) is 16.9. The van der Waals surface area contributed by atoms with Crippen LogP contribution in [0.1, 0.15) is 35.7 Å². The second kappa shape index (κ2) is 10.1. The van der Waals surface area contributed by atoms with Gasteiger partial charge in [-0.1, -0.05) is 66.7 Å². The molecule has 0 unspecified atom stereocenters. The van der Waals surface area contributed by atoms with Crippen molar-refractivity contribution < 1.29 is 19.3 Å². The van der Waals surface area contributed by atoms with Gasteiger partial charge in [0.15, 0.2) is 5.71 Å². The SMILES string of the molecule is CCCC(=O)O/N=C(\C(=O)c1ccc(-c2ccc([N+](=O)[O-])cc2)cc1)c1ccccc1. The summed E-state index contributed by atoms with van der Waals surface area (Å²) in [7, 11) is 0. The Morgan fingerprint density at radius 1 is 0.871 bits per heavy atom. The summed E-state index contributed by atoms with van der Waals surface area (Å²) in [6.07, 6.45) is 0.830. The van der Waals surface area contributed by atoms with Crippen molar-refractivity contribution >= 4 is 23.2 Å². The smallest absolute Gasteiger partial charge is 0.318 e. The lowest BCUT2D eigenvalue weighted by Crippen LogP contribution is -2.17. The fourth-order valence-electron chi connectivity index (χ4n) is 2.89. The number of carbonyl (C=O) groups excluding carboxylic acids is 2. The van der Waals surface area contributed by atoms with Gasteiger partial charge in [-0.15, -0.1) is 0 Å². The third kappa shape index (κ3) is 5.48. The van der Waals surface area contributed by atoms with E-state index in [9.17, 15) is 19.7 Å². The molecule has 0 heterocycles. The van der Waals surface area contributed by atoms with Crippen LogP contribution in [0.4, 0.5) is 5.69 Å². The standard InChI is InChI=1S/C24H20N2O5/c1-2-6-22(27)31-25-23(19-7-4-3-5-8-19)24(28)20-11-9-17(10-12-20)18-13-15-21(16-14-18)26(29)30/h3-5,7-16H,2,6H2,1H3/b25-23-. The van der Waals surface area contributed by atoms with E-state index in [-0.39, 0.29) is 23.6 Å². The van der Waals surface area contributed by atoms with Crippen LogP contribution in [0.5, 0.6) is 0 Å². The van der Waals surface area contributed by atoms with Crippen LogP contribution in [0.15, 0.2) is 84.0 Å². The average Bonchev–Trinajstić information content (AvgIpc) is 2.80. The summed E-state index contributed by atoms with van der Waals surface area (Å²) in [6, 6.07) is 21.7. The van der Waals surface area contributed by atoms with Gasteiger partial charge in [0, 0.05) is 29.7 Å². The van der Waals surface area contributed by atoms with Gasteiger partial charge >= 0.3 is 5.97 Å². The number of rotatable bonds is 8. The van der Waals surface area contributed by atoms with Crippen molar-refractivity contribution in [2.75, 3.05) is 0 Å². The van der Waals surface area contributed by atoms with Crippen LogP contribution in [0.25, 0.3) is 11.1 Å². The second-order valence-electron chi connectivity index (χ2n) is 6.73. The van der Waals surface area contributed by atoms with Crippen molar-refractivity contribution in [1.82, 2.24) is 0 Å². The van der Waals surface area contributed by atoms with Crippen LogP contribution in [0.2, 0.25) is 0 Å². The summed E-state index contributed by atoms with van der Waals surface area (Å²) in [5.41, 5.74) is 2.55. The number of ketones is 1. The molecule has 0 radical (unpaired) electrons. The van der Waals surface area contributed by atoms with Gasteiger partial charge < -0.3 is 4.84 Å². The molecule has 3 aromatic carbocycles. The van der Waals surface area contributed by atoms with Gasteiger partial charge in [-0.3, -0.25) is 14.9 Å². The maximum absolute atomic E-state index is 13.1. The predicted octanol–water partition coefficient (Wildman–Crippen LogP) is 5.19. The maximum atomic E-state index is 13.1. The Hall–Kier alpha value is -4.13. The molecule has 3 aromatic rings. The van der Waals surface area contributed by atoms with E-state index in [1.807, 2.05) is 13.0 Å². The number of oxime groups is 1. The summed E-state index contributed by atoms with van der Waals surface area (Å²) in [6.45, 7) is 1.85. The van der Waals surface area contributed by atoms with Crippen LogP contribution in [-0.2, 0) is 9.63 Å². The zero-order chi connectivity index (χ0) is 22.2. The fraction of sp³-hybridized carbons (Fsp3) is 0.125. The van der Waals surface area contributed by atoms with E-state index < -0.39 is 10.9 Å². The monoisotopic (exact) mass is 416 g/mol. The molecule has 0 aromatic heterocycles. The summed E-state index contributed by atoms with van der Waals surface area (Å²) < 4.78 is 0. The summed E-state index contributed by atoms with van der Waals surface area (Å²) >= 11 is 0. The minimum Gasteiger partial charge on any atom is -0.318 e. The molecule has 0 aliphatic rings. The fourth-order valence-corrected chi connectivity index (χ4v) is 2.89. The summed E-state index contributed by atoms with van der Waals surface area (Å²) in [5.74, 6) is -0.886. The van der Waals surface area contributed by atoms with Gasteiger partial charge in [0.25, 0.3) is 5.69 Å². The molecule has 7 nitrogen and oxygen atoms in total. The van der Waals surface area contributed by atoms with Crippen molar-refractivity contribution in [2.45, 2.75) is 19.8 Å². The summed E-state index contributed by atoms with van der Waals surface area (Å²) in [5, 5.41) is 14.7. The molecule has 0 bridgehead atoms. The molecule has 3 rings (SSSR count). The maximum Gasteiger partial charge on any atom is 0.335 e. The highest BCUT2D eigenvalue weighted by Gasteiger charge is 2.18. The third-order valence-electron chi connectivity index (χ3n) is 4.51. The molecular formula is C24H20N2O5. The highest BCUT2D eigenvalue weighted by atomic mass is 16.7. The minimum absolute atomic E-state index is 0.0110. The first-order valence-electron chi connectivity index (χ1n) is 9.72. The lowest BCUT2D eigenvalue weighted by molar-refractivity contribution is -0.384.